The standard InChI is InChI=1S/C13H15N5O4/c19-13(20)14-8-2-1-3-10-9-17(16-15-10)11-4-6-12(7-5-11)18(21)22/h4-7,9,14H,1-3,8H2,(H,19,20). The molecule has 2 aromatic rings. The fourth-order valence-corrected chi connectivity index (χ4v) is 1.89. The van der Waals surface area contributed by atoms with Crippen LogP contribution in [0.1, 0.15) is 18.5 Å². The third-order valence-electron chi connectivity index (χ3n) is 3.00. The first-order valence-electron chi connectivity index (χ1n) is 6.69. The summed E-state index contributed by atoms with van der Waals surface area (Å²) in [7, 11) is 0. The summed E-state index contributed by atoms with van der Waals surface area (Å²) in [5, 5.41) is 29.3. The van der Waals surface area contributed by atoms with Crippen molar-refractivity contribution in [3.63, 3.8) is 0 Å². The number of carbonyl (C=O) groups is 1. The topological polar surface area (TPSA) is 123 Å². The Hall–Kier alpha value is -2.97. The SMILES string of the molecule is O=C(O)NCCCCc1cn(-c2ccc([N+](=O)[O-])cc2)nn1. The summed E-state index contributed by atoms with van der Waals surface area (Å²) in [6.07, 6.45) is 2.93. The van der Waals surface area contributed by atoms with Crippen LogP contribution in [0.25, 0.3) is 5.69 Å². The van der Waals surface area contributed by atoms with Gasteiger partial charge >= 0.3 is 6.09 Å². The van der Waals surface area contributed by atoms with E-state index in [1.807, 2.05) is 0 Å². The van der Waals surface area contributed by atoms with Gasteiger partial charge in [0.05, 0.1) is 22.5 Å². The van der Waals surface area contributed by atoms with Crippen molar-refractivity contribution >= 4 is 11.8 Å². The van der Waals surface area contributed by atoms with Gasteiger partial charge in [0.1, 0.15) is 0 Å². The van der Waals surface area contributed by atoms with Crippen LogP contribution in [0.5, 0.6) is 0 Å². The fraction of sp³-hybridized carbons (Fsp3) is 0.308. The van der Waals surface area contributed by atoms with Crippen LogP contribution in [0.4, 0.5) is 10.5 Å². The van der Waals surface area contributed by atoms with Crippen molar-refractivity contribution in [2.75, 3.05) is 6.54 Å². The molecule has 1 aromatic carbocycles. The van der Waals surface area contributed by atoms with Gasteiger partial charge in [-0.25, -0.2) is 9.48 Å². The lowest BCUT2D eigenvalue weighted by Gasteiger charge is -1.99. The largest absolute Gasteiger partial charge is 0.465 e. The van der Waals surface area contributed by atoms with E-state index >= 15 is 0 Å². The Kier molecular flexibility index (Phi) is 5.02. The number of nitrogens with one attached hydrogen (secondary N) is 1. The summed E-state index contributed by atoms with van der Waals surface area (Å²) in [5.74, 6) is 0. The lowest BCUT2D eigenvalue weighted by molar-refractivity contribution is -0.384. The molecule has 0 aliphatic rings. The second kappa shape index (κ2) is 7.16. The molecule has 0 radical (unpaired) electrons. The first kappa shape index (κ1) is 15.4. The van der Waals surface area contributed by atoms with E-state index in [4.69, 9.17) is 5.11 Å². The van der Waals surface area contributed by atoms with Crippen molar-refractivity contribution < 1.29 is 14.8 Å². The van der Waals surface area contributed by atoms with Crippen molar-refractivity contribution in [1.29, 1.82) is 0 Å². The number of non-ortho nitro benzene ring substituents is 1. The highest BCUT2D eigenvalue weighted by Crippen LogP contribution is 2.14. The number of aryl methyl sites for hydroxylation is 1. The molecule has 1 aromatic heterocycles. The average molecular weight is 305 g/mol. The molecular weight excluding hydrogens is 290 g/mol. The first-order chi connectivity index (χ1) is 10.6. The van der Waals surface area contributed by atoms with Gasteiger partial charge in [0.2, 0.25) is 0 Å². The highest BCUT2D eigenvalue weighted by molar-refractivity contribution is 5.64. The summed E-state index contributed by atoms with van der Waals surface area (Å²) in [6, 6.07) is 6.03. The number of rotatable bonds is 7. The van der Waals surface area contributed by atoms with Gasteiger partial charge in [-0.1, -0.05) is 5.21 Å². The Balaban J connectivity index is 1.88. The highest BCUT2D eigenvalue weighted by Gasteiger charge is 2.07. The van der Waals surface area contributed by atoms with Gasteiger partial charge in [0.15, 0.2) is 0 Å². The molecule has 22 heavy (non-hydrogen) atoms. The van der Waals surface area contributed by atoms with Crippen LogP contribution in [-0.4, -0.2) is 37.7 Å². The second-order valence-electron chi connectivity index (χ2n) is 4.62. The number of nitro groups is 1. The monoisotopic (exact) mass is 305 g/mol. The molecule has 116 valence electrons. The summed E-state index contributed by atoms with van der Waals surface area (Å²) >= 11 is 0. The molecule has 0 atom stereocenters. The molecule has 1 heterocycles. The zero-order chi connectivity index (χ0) is 15.9. The van der Waals surface area contributed by atoms with Crippen LogP contribution >= 0.6 is 0 Å². The Bertz CT molecular complexity index is 653. The molecule has 0 fully saturated rings. The van der Waals surface area contributed by atoms with Crippen molar-refractivity contribution in [1.82, 2.24) is 20.3 Å². The number of nitrogens with zero attached hydrogens (tertiary/aromatic N) is 4. The number of aromatic nitrogens is 3. The lowest BCUT2D eigenvalue weighted by atomic mass is 10.2. The van der Waals surface area contributed by atoms with E-state index < -0.39 is 11.0 Å². The third-order valence-corrected chi connectivity index (χ3v) is 3.00. The summed E-state index contributed by atoms with van der Waals surface area (Å²) in [6.45, 7) is 0.409. The van der Waals surface area contributed by atoms with E-state index in [0.717, 1.165) is 18.5 Å². The van der Waals surface area contributed by atoms with Gasteiger partial charge < -0.3 is 10.4 Å². The van der Waals surface area contributed by atoms with Crippen LogP contribution < -0.4 is 5.32 Å². The predicted molar refractivity (Wildman–Crippen MR) is 77.0 cm³/mol. The summed E-state index contributed by atoms with van der Waals surface area (Å²) in [4.78, 5) is 20.4. The smallest absolute Gasteiger partial charge is 0.404 e. The Labute approximate surface area is 125 Å². The second-order valence-corrected chi connectivity index (χ2v) is 4.62. The Morgan fingerprint density at radius 2 is 2.05 bits per heavy atom. The number of amides is 1. The van der Waals surface area contributed by atoms with Crippen molar-refractivity contribution in [3.8, 4) is 5.69 Å². The number of nitro benzene ring substituents is 1. The Morgan fingerprint density at radius 1 is 1.32 bits per heavy atom. The normalized spacial score (nSPS) is 10.4. The van der Waals surface area contributed by atoms with Crippen LogP contribution in [0.15, 0.2) is 30.5 Å². The zero-order valence-electron chi connectivity index (χ0n) is 11.7. The maximum Gasteiger partial charge on any atom is 0.404 e. The molecule has 0 aliphatic heterocycles. The molecule has 0 bridgehead atoms. The van der Waals surface area contributed by atoms with E-state index in [1.54, 1.807) is 23.0 Å². The minimum Gasteiger partial charge on any atom is -0.465 e. The molecule has 9 nitrogen and oxygen atoms in total. The van der Waals surface area contributed by atoms with Gasteiger partial charge in [0, 0.05) is 18.7 Å². The van der Waals surface area contributed by atoms with Crippen LogP contribution in [0.2, 0.25) is 0 Å². The zero-order valence-corrected chi connectivity index (χ0v) is 11.7. The van der Waals surface area contributed by atoms with Crippen LogP contribution in [0.3, 0.4) is 0 Å². The van der Waals surface area contributed by atoms with Gasteiger partial charge in [-0.2, -0.15) is 0 Å². The average Bonchev–Trinajstić information content (AvgIpc) is 2.95. The highest BCUT2D eigenvalue weighted by atomic mass is 16.6. The van der Waals surface area contributed by atoms with Crippen LogP contribution in [-0.2, 0) is 6.42 Å². The molecular formula is C13H15N5O4. The van der Waals surface area contributed by atoms with Crippen molar-refractivity contribution in [2.24, 2.45) is 0 Å². The minimum atomic E-state index is -1.02. The van der Waals surface area contributed by atoms with Gasteiger partial charge in [-0.15, -0.1) is 5.10 Å². The maximum absolute atomic E-state index is 10.6. The molecule has 1 amide bonds. The maximum atomic E-state index is 10.6. The fourth-order valence-electron chi connectivity index (χ4n) is 1.89. The quantitative estimate of drug-likeness (QED) is 0.456. The van der Waals surface area contributed by atoms with E-state index in [2.05, 4.69) is 15.6 Å². The van der Waals surface area contributed by atoms with Gasteiger partial charge in [-0.05, 0) is 31.4 Å². The molecule has 0 spiro atoms. The number of hydrogen-bond acceptors (Lipinski definition) is 5. The number of carboxylic acid groups (broad SMARTS) is 1. The molecule has 2 rings (SSSR count). The minimum absolute atomic E-state index is 0.0232. The molecule has 0 aliphatic carbocycles. The Morgan fingerprint density at radius 3 is 2.68 bits per heavy atom. The predicted octanol–water partition coefficient (Wildman–Crippen LogP) is 1.77. The molecule has 0 saturated carbocycles. The van der Waals surface area contributed by atoms with Crippen molar-refractivity contribution in [3.05, 3.63) is 46.3 Å². The number of unbranched alkanes of at least 4 members (excludes halogenated alkanes) is 1. The van der Waals surface area contributed by atoms with Gasteiger partial charge in [0.25, 0.3) is 5.69 Å². The molecule has 0 saturated heterocycles. The number of benzene rings is 1. The van der Waals surface area contributed by atoms with E-state index in [9.17, 15) is 14.9 Å². The lowest BCUT2D eigenvalue weighted by Crippen LogP contribution is -2.21. The molecule has 2 N–H and O–H groups in total. The number of hydrogen-bond donors (Lipinski definition) is 2. The van der Waals surface area contributed by atoms with Crippen LogP contribution in [0, 0.1) is 10.1 Å². The summed E-state index contributed by atoms with van der Waals surface area (Å²) in [5.41, 5.74) is 1.50. The van der Waals surface area contributed by atoms with E-state index in [1.165, 1.54) is 12.1 Å². The van der Waals surface area contributed by atoms with Crippen molar-refractivity contribution in [2.45, 2.75) is 19.3 Å². The third kappa shape index (κ3) is 4.27. The summed E-state index contributed by atoms with van der Waals surface area (Å²) < 4.78 is 1.55. The molecule has 9 heteroatoms. The first-order valence-corrected chi connectivity index (χ1v) is 6.69. The molecule has 0 unspecified atom stereocenters. The van der Waals surface area contributed by atoms with Gasteiger partial charge in [-0.3, -0.25) is 10.1 Å². The van der Waals surface area contributed by atoms with E-state index in [0.29, 0.717) is 18.7 Å². The van der Waals surface area contributed by atoms with E-state index in [-0.39, 0.29) is 5.69 Å².